The van der Waals surface area contributed by atoms with Crippen molar-refractivity contribution in [3.05, 3.63) is 78.2 Å². The van der Waals surface area contributed by atoms with E-state index in [2.05, 4.69) is 15.3 Å². The number of hydrogen-bond acceptors (Lipinski definition) is 4. The standard InChI is InChI=1S/C24H21F3N4O/c25-24(26,27)17-5-6-22(29-13-17)30-20-11-15-12-21(20)31(14-15)23(32)19-4-2-1-3-18(19)16-7-9-28-10-8-16/h1-10,13,15,20-21H,11-12,14H2,(H,29,30)/t15-,20+,21-/m0/s1. The van der Waals surface area contributed by atoms with Crippen LogP contribution in [0.1, 0.15) is 28.8 Å². The minimum absolute atomic E-state index is 0.0258. The number of pyridine rings is 2. The molecule has 3 atom stereocenters. The molecule has 1 aromatic carbocycles. The number of anilines is 1. The summed E-state index contributed by atoms with van der Waals surface area (Å²) in [6, 6.07) is 13.6. The van der Waals surface area contributed by atoms with Crippen molar-refractivity contribution in [3.63, 3.8) is 0 Å². The number of amides is 1. The van der Waals surface area contributed by atoms with E-state index in [4.69, 9.17) is 0 Å². The van der Waals surface area contributed by atoms with E-state index in [1.165, 1.54) is 6.07 Å². The first-order chi connectivity index (χ1) is 15.4. The summed E-state index contributed by atoms with van der Waals surface area (Å²) < 4.78 is 38.4. The number of benzene rings is 1. The highest BCUT2D eigenvalue weighted by atomic mass is 19.4. The van der Waals surface area contributed by atoms with E-state index in [-0.39, 0.29) is 18.0 Å². The maximum absolute atomic E-state index is 13.5. The van der Waals surface area contributed by atoms with Crippen LogP contribution in [0, 0.1) is 5.92 Å². The van der Waals surface area contributed by atoms with Crippen molar-refractivity contribution in [1.29, 1.82) is 0 Å². The van der Waals surface area contributed by atoms with Gasteiger partial charge in [-0.15, -0.1) is 0 Å². The molecule has 3 heterocycles. The van der Waals surface area contributed by atoms with E-state index in [0.29, 0.717) is 23.8 Å². The SMILES string of the molecule is O=C(c1ccccc1-c1ccncc1)N1C[C@H]2C[C@@H](Nc3ccc(C(F)(F)F)cn3)[C@@H]1C2. The molecule has 2 aliphatic rings. The first kappa shape index (κ1) is 20.5. The fourth-order valence-corrected chi connectivity index (χ4v) is 4.86. The van der Waals surface area contributed by atoms with E-state index in [1.54, 1.807) is 12.4 Å². The van der Waals surface area contributed by atoms with Crippen molar-refractivity contribution in [3.8, 4) is 11.1 Å². The largest absolute Gasteiger partial charge is 0.417 e. The van der Waals surface area contributed by atoms with Gasteiger partial charge >= 0.3 is 6.18 Å². The van der Waals surface area contributed by atoms with E-state index < -0.39 is 11.7 Å². The van der Waals surface area contributed by atoms with Gasteiger partial charge in [-0.2, -0.15) is 13.2 Å². The van der Waals surface area contributed by atoms with Crippen molar-refractivity contribution in [2.24, 2.45) is 5.92 Å². The van der Waals surface area contributed by atoms with Crippen LogP contribution in [-0.2, 0) is 6.18 Å². The molecule has 1 N–H and O–H groups in total. The third-order valence-corrected chi connectivity index (χ3v) is 6.32. The lowest BCUT2D eigenvalue weighted by molar-refractivity contribution is -0.137. The van der Waals surface area contributed by atoms with Crippen molar-refractivity contribution in [1.82, 2.24) is 14.9 Å². The zero-order chi connectivity index (χ0) is 22.3. The van der Waals surface area contributed by atoms with Crippen LogP contribution in [0.15, 0.2) is 67.1 Å². The van der Waals surface area contributed by atoms with Crippen LogP contribution in [0.5, 0.6) is 0 Å². The number of halogens is 3. The zero-order valence-electron chi connectivity index (χ0n) is 17.1. The molecule has 2 bridgehead atoms. The number of aromatic nitrogens is 2. The molecule has 0 unspecified atom stereocenters. The second kappa shape index (κ2) is 7.93. The van der Waals surface area contributed by atoms with Gasteiger partial charge in [0.25, 0.3) is 5.91 Å². The number of nitrogens with zero attached hydrogens (tertiary/aromatic N) is 3. The summed E-state index contributed by atoms with van der Waals surface area (Å²) in [5.74, 6) is 0.723. The lowest BCUT2D eigenvalue weighted by Gasteiger charge is -2.34. The van der Waals surface area contributed by atoms with Gasteiger partial charge in [0.05, 0.1) is 11.6 Å². The third kappa shape index (κ3) is 3.81. The number of piperidine rings is 1. The smallest absolute Gasteiger partial charge is 0.365 e. The average molecular weight is 438 g/mol. The summed E-state index contributed by atoms with van der Waals surface area (Å²) in [6.45, 7) is 0.687. The number of alkyl halides is 3. The topological polar surface area (TPSA) is 58.1 Å². The number of rotatable bonds is 4. The molecular weight excluding hydrogens is 417 g/mol. The Balaban J connectivity index is 1.35. The van der Waals surface area contributed by atoms with Crippen LogP contribution in [-0.4, -0.2) is 39.4 Å². The van der Waals surface area contributed by atoms with Gasteiger partial charge in [-0.25, -0.2) is 4.98 Å². The van der Waals surface area contributed by atoms with Crippen molar-refractivity contribution in [2.45, 2.75) is 31.1 Å². The first-order valence-corrected chi connectivity index (χ1v) is 10.5. The Bertz CT molecular complexity index is 1120. The van der Waals surface area contributed by atoms with Crippen molar-refractivity contribution in [2.75, 3.05) is 11.9 Å². The van der Waals surface area contributed by atoms with Gasteiger partial charge in [0.2, 0.25) is 0 Å². The Morgan fingerprint density at radius 2 is 1.81 bits per heavy atom. The van der Waals surface area contributed by atoms with Crippen LogP contribution in [0.25, 0.3) is 11.1 Å². The van der Waals surface area contributed by atoms with E-state index >= 15 is 0 Å². The van der Waals surface area contributed by atoms with Crippen molar-refractivity contribution < 1.29 is 18.0 Å². The van der Waals surface area contributed by atoms with Gasteiger partial charge in [0, 0.05) is 36.7 Å². The van der Waals surface area contributed by atoms with Gasteiger partial charge in [-0.3, -0.25) is 9.78 Å². The Hall–Kier alpha value is -3.42. The Morgan fingerprint density at radius 1 is 1.03 bits per heavy atom. The number of carbonyl (C=O) groups is 1. The highest BCUT2D eigenvalue weighted by Crippen LogP contribution is 2.40. The second-order valence-electron chi connectivity index (χ2n) is 8.32. The molecule has 8 heteroatoms. The van der Waals surface area contributed by atoms with Gasteiger partial charge in [-0.05, 0) is 60.2 Å². The summed E-state index contributed by atoms with van der Waals surface area (Å²) in [5, 5.41) is 3.25. The molecule has 1 amide bonds. The predicted molar refractivity (Wildman–Crippen MR) is 114 cm³/mol. The molecule has 164 valence electrons. The number of hydrogen-bond donors (Lipinski definition) is 1. The molecule has 0 spiro atoms. The fourth-order valence-electron chi connectivity index (χ4n) is 4.86. The molecule has 2 fully saturated rings. The van der Waals surface area contributed by atoms with Crippen LogP contribution in [0.2, 0.25) is 0 Å². The zero-order valence-corrected chi connectivity index (χ0v) is 17.1. The molecule has 5 rings (SSSR count). The van der Waals surface area contributed by atoms with Gasteiger partial charge in [0.1, 0.15) is 5.82 Å². The Morgan fingerprint density at radius 3 is 2.50 bits per heavy atom. The molecule has 3 aromatic rings. The quantitative estimate of drug-likeness (QED) is 0.631. The average Bonchev–Trinajstić information content (AvgIpc) is 3.40. The summed E-state index contributed by atoms with van der Waals surface area (Å²) in [5.41, 5.74) is 1.65. The molecule has 1 aliphatic heterocycles. The minimum atomic E-state index is -4.41. The van der Waals surface area contributed by atoms with Crippen molar-refractivity contribution >= 4 is 11.7 Å². The summed E-state index contributed by atoms with van der Waals surface area (Å²) in [7, 11) is 0. The monoisotopic (exact) mass is 438 g/mol. The highest BCUT2D eigenvalue weighted by Gasteiger charge is 2.47. The normalized spacial score (nSPS) is 22.2. The molecule has 2 aromatic heterocycles. The lowest BCUT2D eigenvalue weighted by Crippen LogP contribution is -2.47. The summed E-state index contributed by atoms with van der Waals surface area (Å²) >= 11 is 0. The maximum atomic E-state index is 13.5. The predicted octanol–water partition coefficient (Wildman–Crippen LogP) is 4.88. The molecular formula is C24H21F3N4O. The van der Waals surface area contributed by atoms with Crippen LogP contribution < -0.4 is 5.32 Å². The molecule has 1 saturated carbocycles. The summed E-state index contributed by atoms with van der Waals surface area (Å²) in [4.78, 5) is 23.4. The lowest BCUT2D eigenvalue weighted by atomic mass is 9.98. The van der Waals surface area contributed by atoms with Gasteiger partial charge in [0.15, 0.2) is 0 Å². The fraction of sp³-hybridized carbons (Fsp3) is 0.292. The highest BCUT2D eigenvalue weighted by molar-refractivity contribution is 6.01. The van der Waals surface area contributed by atoms with E-state index in [9.17, 15) is 18.0 Å². The Kier molecular flexibility index (Phi) is 5.07. The van der Waals surface area contributed by atoms with Crippen LogP contribution in [0.3, 0.4) is 0 Å². The first-order valence-electron chi connectivity index (χ1n) is 10.5. The Labute approximate surface area is 183 Å². The second-order valence-corrected chi connectivity index (χ2v) is 8.32. The molecule has 1 aliphatic carbocycles. The number of likely N-dealkylation sites (tertiary alicyclic amines) is 1. The maximum Gasteiger partial charge on any atom is 0.417 e. The summed E-state index contributed by atoms with van der Waals surface area (Å²) in [6.07, 6.45) is 1.56. The van der Waals surface area contributed by atoms with E-state index in [1.807, 2.05) is 41.3 Å². The molecule has 32 heavy (non-hydrogen) atoms. The van der Waals surface area contributed by atoms with Gasteiger partial charge < -0.3 is 10.2 Å². The van der Waals surface area contributed by atoms with Crippen LogP contribution in [0.4, 0.5) is 19.0 Å². The molecule has 5 nitrogen and oxygen atoms in total. The van der Waals surface area contributed by atoms with E-state index in [0.717, 1.165) is 36.2 Å². The third-order valence-electron chi connectivity index (χ3n) is 6.32. The van der Waals surface area contributed by atoms with Gasteiger partial charge in [-0.1, -0.05) is 18.2 Å². The molecule has 0 radical (unpaired) electrons. The molecule has 1 saturated heterocycles. The van der Waals surface area contributed by atoms with Crippen LogP contribution >= 0.6 is 0 Å². The number of fused-ring (bicyclic) bond motifs is 2. The number of carbonyl (C=O) groups excluding carboxylic acids is 1. The number of nitrogens with one attached hydrogen (secondary N) is 1. The minimum Gasteiger partial charge on any atom is -0.365 e.